The van der Waals surface area contributed by atoms with Crippen LogP contribution in [0.5, 0.6) is 0 Å². The van der Waals surface area contributed by atoms with Crippen molar-refractivity contribution in [3.05, 3.63) is 45.0 Å². The normalized spacial score (nSPS) is 16.1. The van der Waals surface area contributed by atoms with Crippen LogP contribution in [0.3, 0.4) is 0 Å². The van der Waals surface area contributed by atoms with Crippen molar-refractivity contribution in [2.75, 3.05) is 10.2 Å². The number of carbonyl (C=O) groups excluding carboxylic acids is 3. The number of carbonyl (C=O) groups is 3. The van der Waals surface area contributed by atoms with Crippen LogP contribution in [0.15, 0.2) is 34.4 Å². The van der Waals surface area contributed by atoms with Gasteiger partial charge in [-0.15, -0.1) is 0 Å². The summed E-state index contributed by atoms with van der Waals surface area (Å²) in [6.45, 7) is 6.14. The first kappa shape index (κ1) is 19.8. The first-order valence-corrected chi connectivity index (χ1v) is 9.60. The molecule has 2 amide bonds. The zero-order valence-corrected chi connectivity index (χ0v) is 16.8. The van der Waals surface area contributed by atoms with Crippen molar-refractivity contribution >= 4 is 40.5 Å². The molecule has 0 saturated carbocycles. The van der Waals surface area contributed by atoms with Crippen LogP contribution < -0.4 is 15.1 Å². The predicted molar refractivity (Wildman–Crippen MR) is 106 cm³/mol. The SMILES string of the molecule is Cc1csc(=O)n1CC(=O)O[C@@H](C)C(=O)N1c2ccccc2NC(=O)C1(C)C. The minimum absolute atomic E-state index is 0.267. The Bertz CT molecular complexity index is 1010. The van der Waals surface area contributed by atoms with Gasteiger partial charge in [-0.3, -0.25) is 28.6 Å². The van der Waals surface area contributed by atoms with Gasteiger partial charge in [-0.2, -0.15) is 0 Å². The summed E-state index contributed by atoms with van der Waals surface area (Å²) in [6, 6.07) is 6.93. The molecule has 2 aromatic rings. The third-order valence-corrected chi connectivity index (χ3v) is 5.53. The lowest BCUT2D eigenvalue weighted by molar-refractivity contribution is -0.155. The molecule has 0 aliphatic carbocycles. The highest BCUT2D eigenvalue weighted by Gasteiger charge is 2.45. The fourth-order valence-corrected chi connectivity index (χ4v) is 3.77. The Hall–Kier alpha value is -2.94. The third-order valence-electron chi connectivity index (χ3n) is 4.65. The van der Waals surface area contributed by atoms with Gasteiger partial charge in [0.2, 0.25) is 5.91 Å². The Morgan fingerprint density at radius 2 is 1.93 bits per heavy atom. The molecule has 0 unspecified atom stereocenters. The van der Waals surface area contributed by atoms with E-state index in [1.165, 1.54) is 16.4 Å². The van der Waals surface area contributed by atoms with Crippen LogP contribution in [0.2, 0.25) is 0 Å². The van der Waals surface area contributed by atoms with Crippen LogP contribution in [0.4, 0.5) is 11.4 Å². The number of hydrogen-bond donors (Lipinski definition) is 1. The van der Waals surface area contributed by atoms with E-state index < -0.39 is 23.5 Å². The van der Waals surface area contributed by atoms with Gasteiger partial charge in [-0.1, -0.05) is 23.5 Å². The lowest BCUT2D eigenvalue weighted by Crippen LogP contribution is -2.60. The summed E-state index contributed by atoms with van der Waals surface area (Å²) in [5, 5.41) is 4.43. The van der Waals surface area contributed by atoms with Crippen LogP contribution in [0.25, 0.3) is 0 Å². The van der Waals surface area contributed by atoms with Crippen molar-refractivity contribution in [2.24, 2.45) is 0 Å². The molecule has 8 nitrogen and oxygen atoms in total. The van der Waals surface area contributed by atoms with Crippen molar-refractivity contribution < 1.29 is 19.1 Å². The lowest BCUT2D eigenvalue weighted by atomic mass is 9.95. The average molecular weight is 403 g/mol. The maximum absolute atomic E-state index is 13.1. The van der Waals surface area contributed by atoms with Gasteiger partial charge in [-0.05, 0) is 39.8 Å². The molecule has 0 fully saturated rings. The number of fused-ring (bicyclic) bond motifs is 1. The van der Waals surface area contributed by atoms with Gasteiger partial charge < -0.3 is 10.1 Å². The largest absolute Gasteiger partial charge is 0.451 e. The number of esters is 1. The van der Waals surface area contributed by atoms with Gasteiger partial charge in [-0.25, -0.2) is 0 Å². The van der Waals surface area contributed by atoms with Crippen LogP contribution in [0, 0.1) is 6.92 Å². The fourth-order valence-electron chi connectivity index (χ4n) is 3.04. The molecule has 9 heteroatoms. The van der Waals surface area contributed by atoms with Crippen molar-refractivity contribution in [1.29, 1.82) is 0 Å². The van der Waals surface area contributed by atoms with Crippen LogP contribution >= 0.6 is 11.3 Å². The Labute approximate surface area is 165 Å². The smallest absolute Gasteiger partial charge is 0.326 e. The molecule has 1 aliphatic heterocycles. The molecule has 3 rings (SSSR count). The number of amides is 2. The average Bonchev–Trinajstić information content (AvgIpc) is 2.94. The second-order valence-corrected chi connectivity index (χ2v) is 7.89. The summed E-state index contributed by atoms with van der Waals surface area (Å²) in [7, 11) is 0. The van der Waals surface area contributed by atoms with E-state index >= 15 is 0 Å². The summed E-state index contributed by atoms with van der Waals surface area (Å²) in [6.07, 6.45) is -1.12. The van der Waals surface area contributed by atoms with Gasteiger partial charge in [0, 0.05) is 11.1 Å². The zero-order valence-electron chi connectivity index (χ0n) is 16.0. The topological polar surface area (TPSA) is 97.7 Å². The van der Waals surface area contributed by atoms with Crippen molar-refractivity contribution in [2.45, 2.75) is 45.9 Å². The monoisotopic (exact) mass is 403 g/mol. The molecule has 148 valence electrons. The van der Waals surface area contributed by atoms with Crippen molar-refractivity contribution in [3.63, 3.8) is 0 Å². The molecule has 0 radical (unpaired) electrons. The number of benzene rings is 1. The molecule has 1 N–H and O–H groups in total. The number of thiazole rings is 1. The van der Waals surface area contributed by atoms with Crippen molar-refractivity contribution in [3.8, 4) is 0 Å². The lowest BCUT2D eigenvalue weighted by Gasteiger charge is -2.42. The Morgan fingerprint density at radius 3 is 2.57 bits per heavy atom. The quantitative estimate of drug-likeness (QED) is 0.787. The Balaban J connectivity index is 1.81. The van der Waals surface area contributed by atoms with E-state index in [0.29, 0.717) is 17.1 Å². The zero-order chi connectivity index (χ0) is 20.6. The summed E-state index contributed by atoms with van der Waals surface area (Å²) < 4.78 is 6.56. The van der Waals surface area contributed by atoms with E-state index in [0.717, 1.165) is 11.3 Å². The number of nitrogens with zero attached hydrogens (tertiary/aromatic N) is 2. The second-order valence-electron chi connectivity index (χ2n) is 7.07. The number of ether oxygens (including phenoxy) is 1. The van der Waals surface area contributed by atoms with Crippen molar-refractivity contribution in [1.82, 2.24) is 4.57 Å². The molecular formula is C19H21N3O5S. The van der Waals surface area contributed by atoms with E-state index in [1.807, 2.05) is 0 Å². The molecule has 2 heterocycles. The number of anilines is 2. The first-order valence-electron chi connectivity index (χ1n) is 8.72. The van der Waals surface area contributed by atoms with Gasteiger partial charge in [0.25, 0.3) is 5.91 Å². The number of rotatable bonds is 4. The molecular weight excluding hydrogens is 382 g/mol. The molecule has 0 bridgehead atoms. The molecule has 1 atom stereocenters. The van der Waals surface area contributed by atoms with Crippen LogP contribution in [0.1, 0.15) is 26.5 Å². The minimum Gasteiger partial charge on any atom is -0.451 e. The molecule has 0 spiro atoms. The highest BCUT2D eigenvalue weighted by molar-refractivity contribution is 7.07. The first-order chi connectivity index (χ1) is 13.1. The van der Waals surface area contributed by atoms with E-state index in [4.69, 9.17) is 4.74 Å². The van der Waals surface area contributed by atoms with E-state index in [2.05, 4.69) is 5.32 Å². The van der Waals surface area contributed by atoms with Crippen LogP contribution in [-0.2, 0) is 25.7 Å². The predicted octanol–water partition coefficient (Wildman–Crippen LogP) is 1.91. The maximum Gasteiger partial charge on any atom is 0.326 e. The summed E-state index contributed by atoms with van der Waals surface area (Å²) in [5.74, 6) is -1.55. The third kappa shape index (κ3) is 3.45. The summed E-state index contributed by atoms with van der Waals surface area (Å²) in [4.78, 5) is 50.7. The standard InChI is InChI=1S/C19H21N3O5S/c1-11-10-28-18(26)21(11)9-15(23)27-12(2)16(24)22-14-8-6-5-7-13(14)20-17(25)19(22,3)4/h5-8,10,12H,9H2,1-4H3,(H,20,25)/t12-/m0/s1. The number of para-hydroxylation sites is 2. The fraction of sp³-hybridized carbons (Fsp3) is 0.368. The summed E-state index contributed by atoms with van der Waals surface area (Å²) in [5.41, 5.74) is 0.533. The molecule has 1 aliphatic rings. The van der Waals surface area contributed by atoms with Gasteiger partial charge >= 0.3 is 10.8 Å². The summed E-state index contributed by atoms with van der Waals surface area (Å²) >= 11 is 0.993. The highest BCUT2D eigenvalue weighted by Crippen LogP contribution is 2.37. The van der Waals surface area contributed by atoms with Gasteiger partial charge in [0.15, 0.2) is 6.10 Å². The van der Waals surface area contributed by atoms with E-state index in [9.17, 15) is 19.2 Å². The Kier molecular flexibility index (Phi) is 5.12. The van der Waals surface area contributed by atoms with Gasteiger partial charge in [0.1, 0.15) is 12.1 Å². The van der Waals surface area contributed by atoms with E-state index in [1.54, 1.807) is 50.4 Å². The molecule has 0 saturated heterocycles. The van der Waals surface area contributed by atoms with Gasteiger partial charge in [0.05, 0.1) is 11.4 Å². The molecule has 1 aromatic heterocycles. The maximum atomic E-state index is 13.1. The number of hydrogen-bond acceptors (Lipinski definition) is 6. The number of aryl methyl sites for hydroxylation is 1. The number of aromatic nitrogens is 1. The van der Waals surface area contributed by atoms with E-state index in [-0.39, 0.29) is 17.3 Å². The highest BCUT2D eigenvalue weighted by atomic mass is 32.1. The number of nitrogens with one attached hydrogen (secondary N) is 1. The van der Waals surface area contributed by atoms with Crippen LogP contribution in [-0.4, -0.2) is 34.0 Å². The minimum atomic E-state index is -1.16. The molecule has 1 aromatic carbocycles. The Morgan fingerprint density at radius 1 is 1.25 bits per heavy atom. The second kappa shape index (κ2) is 7.23. The molecule has 28 heavy (non-hydrogen) atoms.